The lowest BCUT2D eigenvalue weighted by Crippen LogP contribution is -2.60. The number of ether oxygens (including phenoxy) is 1. The summed E-state index contributed by atoms with van der Waals surface area (Å²) in [5.74, 6) is -0.896. The standard InChI is InChI=1S/C33H49N3O4/c1-13-33(11,12)36(30(38)26(20(2)3)35-31(39)40-32(8,9)10)28(25-19-15-16-21(4)24(25)7)29(37)34-27-22(5)17-14-18-23(27)6/h14-20,26,28H,13H2,1-12H3,(H,34,37)(H,35,39). The number of carbonyl (C=O) groups excluding carboxylic acids is 3. The van der Waals surface area contributed by atoms with Crippen LogP contribution >= 0.6 is 0 Å². The van der Waals surface area contributed by atoms with Gasteiger partial charge in [-0.25, -0.2) is 4.79 Å². The van der Waals surface area contributed by atoms with Crippen molar-refractivity contribution in [2.45, 2.75) is 113 Å². The van der Waals surface area contributed by atoms with Gasteiger partial charge in [0.25, 0.3) is 5.91 Å². The van der Waals surface area contributed by atoms with E-state index in [1.54, 1.807) is 25.7 Å². The van der Waals surface area contributed by atoms with Crippen LogP contribution < -0.4 is 10.6 Å². The van der Waals surface area contributed by atoms with Crippen LogP contribution in [0.25, 0.3) is 0 Å². The van der Waals surface area contributed by atoms with Crippen LogP contribution in [0, 0.1) is 33.6 Å². The normalized spacial score (nSPS) is 13.4. The highest BCUT2D eigenvalue weighted by molar-refractivity contribution is 6.00. The molecule has 0 aromatic heterocycles. The second-order valence-corrected chi connectivity index (χ2v) is 12.7. The van der Waals surface area contributed by atoms with Gasteiger partial charge in [0, 0.05) is 11.2 Å². The van der Waals surface area contributed by atoms with Crippen molar-refractivity contribution in [3.8, 4) is 0 Å². The maximum absolute atomic E-state index is 14.6. The first-order valence-electron chi connectivity index (χ1n) is 14.2. The molecule has 2 atom stereocenters. The quantitative estimate of drug-likeness (QED) is 0.346. The summed E-state index contributed by atoms with van der Waals surface area (Å²) in [7, 11) is 0. The van der Waals surface area contributed by atoms with Crippen molar-refractivity contribution in [2.75, 3.05) is 5.32 Å². The molecule has 7 nitrogen and oxygen atoms in total. The Labute approximate surface area is 241 Å². The zero-order chi connectivity index (χ0) is 30.6. The number of aryl methyl sites for hydroxylation is 3. The fourth-order valence-corrected chi connectivity index (χ4v) is 4.71. The van der Waals surface area contributed by atoms with E-state index >= 15 is 0 Å². The molecule has 0 bridgehead atoms. The summed E-state index contributed by atoms with van der Waals surface area (Å²) in [4.78, 5) is 43.4. The molecule has 7 heteroatoms. The molecule has 0 radical (unpaired) electrons. The van der Waals surface area contributed by atoms with Crippen molar-refractivity contribution in [3.05, 3.63) is 64.2 Å². The number of anilines is 1. The predicted octanol–water partition coefficient (Wildman–Crippen LogP) is 7.17. The van der Waals surface area contributed by atoms with E-state index in [0.717, 1.165) is 33.5 Å². The van der Waals surface area contributed by atoms with E-state index in [-0.39, 0.29) is 17.7 Å². The number of nitrogens with zero attached hydrogens (tertiary/aromatic N) is 1. The van der Waals surface area contributed by atoms with Crippen molar-refractivity contribution in [1.29, 1.82) is 0 Å². The smallest absolute Gasteiger partial charge is 0.408 e. The molecule has 3 amide bonds. The average molecular weight is 552 g/mol. The number of hydrogen-bond acceptors (Lipinski definition) is 4. The molecular formula is C33H49N3O4. The number of rotatable bonds is 9. The van der Waals surface area contributed by atoms with Gasteiger partial charge < -0.3 is 20.3 Å². The molecule has 220 valence electrons. The monoisotopic (exact) mass is 551 g/mol. The zero-order valence-corrected chi connectivity index (χ0v) is 26.5. The summed E-state index contributed by atoms with van der Waals surface area (Å²) in [5, 5.41) is 5.95. The van der Waals surface area contributed by atoms with Crippen LogP contribution in [0.4, 0.5) is 10.5 Å². The van der Waals surface area contributed by atoms with Crippen molar-refractivity contribution in [1.82, 2.24) is 10.2 Å². The molecule has 0 saturated carbocycles. The molecule has 2 aromatic carbocycles. The molecule has 0 fully saturated rings. The highest BCUT2D eigenvalue weighted by Crippen LogP contribution is 2.36. The Balaban J connectivity index is 2.74. The summed E-state index contributed by atoms with van der Waals surface area (Å²) in [6.45, 7) is 22.9. The van der Waals surface area contributed by atoms with Crippen LogP contribution in [0.15, 0.2) is 36.4 Å². The maximum Gasteiger partial charge on any atom is 0.408 e. The molecule has 0 aliphatic rings. The van der Waals surface area contributed by atoms with Crippen LogP contribution in [0.2, 0.25) is 0 Å². The molecular weight excluding hydrogens is 502 g/mol. The maximum atomic E-state index is 14.6. The number of benzene rings is 2. The van der Waals surface area contributed by atoms with Gasteiger partial charge in [-0.2, -0.15) is 0 Å². The van der Waals surface area contributed by atoms with Crippen LogP contribution in [-0.4, -0.2) is 40.0 Å². The lowest BCUT2D eigenvalue weighted by molar-refractivity contribution is -0.148. The van der Waals surface area contributed by atoms with Gasteiger partial charge in [-0.15, -0.1) is 0 Å². The summed E-state index contributed by atoms with van der Waals surface area (Å²) in [6, 6.07) is 9.84. The van der Waals surface area contributed by atoms with Crippen molar-refractivity contribution >= 4 is 23.6 Å². The predicted molar refractivity (Wildman–Crippen MR) is 162 cm³/mol. The average Bonchev–Trinajstić information content (AvgIpc) is 2.83. The van der Waals surface area contributed by atoms with Crippen molar-refractivity contribution in [2.24, 2.45) is 5.92 Å². The van der Waals surface area contributed by atoms with E-state index in [2.05, 4.69) is 10.6 Å². The molecule has 0 aliphatic carbocycles. The molecule has 0 aliphatic heterocycles. The van der Waals surface area contributed by atoms with Crippen LogP contribution in [0.1, 0.15) is 95.7 Å². The van der Waals surface area contributed by atoms with E-state index in [1.165, 1.54) is 0 Å². The first kappa shape index (κ1) is 32.9. The fourth-order valence-electron chi connectivity index (χ4n) is 4.71. The Morgan fingerprint density at radius 1 is 0.875 bits per heavy atom. The van der Waals surface area contributed by atoms with Crippen LogP contribution in [-0.2, 0) is 14.3 Å². The third-order valence-electron chi connectivity index (χ3n) is 7.54. The van der Waals surface area contributed by atoms with Crippen LogP contribution in [0.5, 0.6) is 0 Å². The van der Waals surface area contributed by atoms with Gasteiger partial charge in [0.2, 0.25) is 5.91 Å². The number of nitrogens with one attached hydrogen (secondary N) is 2. The molecule has 2 rings (SSSR count). The van der Waals surface area contributed by atoms with Gasteiger partial charge in [-0.05, 0) is 102 Å². The second kappa shape index (κ2) is 12.9. The zero-order valence-electron chi connectivity index (χ0n) is 26.5. The summed E-state index contributed by atoms with van der Waals surface area (Å²) >= 11 is 0. The first-order chi connectivity index (χ1) is 18.4. The van der Waals surface area contributed by atoms with Gasteiger partial charge >= 0.3 is 6.09 Å². The Hall–Kier alpha value is -3.35. The number of alkyl carbamates (subject to hydrolysis) is 1. The van der Waals surface area contributed by atoms with Gasteiger partial charge in [-0.1, -0.05) is 57.2 Å². The second-order valence-electron chi connectivity index (χ2n) is 12.7. The van der Waals surface area contributed by atoms with Crippen LogP contribution in [0.3, 0.4) is 0 Å². The highest BCUT2D eigenvalue weighted by Gasteiger charge is 2.44. The Morgan fingerprint density at radius 2 is 1.40 bits per heavy atom. The molecule has 2 N–H and O–H groups in total. The molecule has 0 heterocycles. The number of para-hydroxylation sites is 1. The van der Waals surface area contributed by atoms with Crippen molar-refractivity contribution in [3.63, 3.8) is 0 Å². The van der Waals surface area contributed by atoms with Gasteiger partial charge in [-0.3, -0.25) is 9.59 Å². The Morgan fingerprint density at radius 3 is 1.90 bits per heavy atom. The highest BCUT2D eigenvalue weighted by atomic mass is 16.6. The minimum atomic E-state index is -0.942. The topological polar surface area (TPSA) is 87.7 Å². The number of carbonyl (C=O) groups is 3. The largest absolute Gasteiger partial charge is 0.444 e. The molecule has 2 unspecified atom stereocenters. The Bertz CT molecular complexity index is 1210. The Kier molecular flexibility index (Phi) is 10.6. The molecule has 0 spiro atoms. The number of hydrogen-bond donors (Lipinski definition) is 2. The summed E-state index contributed by atoms with van der Waals surface area (Å²) < 4.78 is 5.49. The van der Waals surface area contributed by atoms with E-state index in [1.807, 2.05) is 98.7 Å². The van der Waals surface area contributed by atoms with E-state index in [0.29, 0.717) is 6.42 Å². The first-order valence-corrected chi connectivity index (χ1v) is 14.2. The summed E-state index contributed by atoms with van der Waals surface area (Å²) in [5.41, 5.74) is 3.88. The molecule has 40 heavy (non-hydrogen) atoms. The molecule has 2 aromatic rings. The fraction of sp³-hybridized carbons (Fsp3) is 0.545. The van der Waals surface area contributed by atoms with Gasteiger partial charge in [0.05, 0.1) is 0 Å². The lowest BCUT2D eigenvalue weighted by Gasteiger charge is -2.45. The van der Waals surface area contributed by atoms with E-state index in [9.17, 15) is 14.4 Å². The van der Waals surface area contributed by atoms with Gasteiger partial charge in [0.15, 0.2) is 0 Å². The van der Waals surface area contributed by atoms with E-state index in [4.69, 9.17) is 4.74 Å². The SMILES string of the molecule is CCC(C)(C)N(C(=O)C(NC(=O)OC(C)(C)C)C(C)C)C(C(=O)Nc1c(C)cccc1C)c1cccc(C)c1C. The minimum Gasteiger partial charge on any atom is -0.444 e. The molecule has 0 saturated heterocycles. The third kappa shape index (κ3) is 7.86. The lowest BCUT2D eigenvalue weighted by atomic mass is 9.88. The van der Waals surface area contributed by atoms with Crippen molar-refractivity contribution < 1.29 is 19.1 Å². The minimum absolute atomic E-state index is 0.254. The van der Waals surface area contributed by atoms with E-state index < -0.39 is 29.3 Å². The number of amides is 3. The third-order valence-corrected chi connectivity index (χ3v) is 7.54. The summed E-state index contributed by atoms with van der Waals surface area (Å²) in [6.07, 6.45) is -0.0781. The van der Waals surface area contributed by atoms with Gasteiger partial charge in [0.1, 0.15) is 17.7 Å².